The van der Waals surface area contributed by atoms with Gasteiger partial charge in [-0.1, -0.05) is 0 Å². The van der Waals surface area contributed by atoms with Crippen LogP contribution in [-0.2, 0) is 6.42 Å². The van der Waals surface area contributed by atoms with Crippen molar-refractivity contribution in [3.63, 3.8) is 0 Å². The summed E-state index contributed by atoms with van der Waals surface area (Å²) in [7, 11) is 0. The van der Waals surface area contributed by atoms with Crippen molar-refractivity contribution in [2.24, 2.45) is 0 Å². The summed E-state index contributed by atoms with van der Waals surface area (Å²) in [5.74, 6) is -0.123. The van der Waals surface area contributed by atoms with Crippen molar-refractivity contribution in [3.8, 4) is 0 Å². The molecule has 1 fully saturated rings. The first-order valence-electron chi connectivity index (χ1n) is 6.08. The molecular formula is C13H17FN2. The van der Waals surface area contributed by atoms with Crippen molar-refractivity contribution in [3.05, 3.63) is 29.6 Å². The normalized spacial score (nSPS) is 24.4. The van der Waals surface area contributed by atoms with E-state index in [0.717, 1.165) is 30.6 Å². The summed E-state index contributed by atoms with van der Waals surface area (Å²) in [5.41, 5.74) is 2.25. The number of benzene rings is 1. The van der Waals surface area contributed by atoms with Gasteiger partial charge in [-0.05, 0) is 56.1 Å². The van der Waals surface area contributed by atoms with Crippen LogP contribution in [0.3, 0.4) is 0 Å². The number of nitrogens with one attached hydrogen (secondary N) is 1. The standard InChI is InChI=1S/C13H17FN2/c14-11-3-5-13-10(8-11)2-4-12(15-13)9-16-6-1-7-16/h3,5,8,12,15H,1-2,4,6-7,9H2. The molecule has 1 aromatic carbocycles. The first kappa shape index (κ1) is 10.1. The van der Waals surface area contributed by atoms with Gasteiger partial charge in [0.2, 0.25) is 0 Å². The predicted molar refractivity (Wildman–Crippen MR) is 63.2 cm³/mol. The Morgan fingerprint density at radius 3 is 3.00 bits per heavy atom. The average molecular weight is 220 g/mol. The van der Waals surface area contributed by atoms with Crippen LogP contribution in [0.25, 0.3) is 0 Å². The predicted octanol–water partition coefficient (Wildman–Crippen LogP) is 2.26. The highest BCUT2D eigenvalue weighted by atomic mass is 19.1. The molecule has 2 heterocycles. The van der Waals surface area contributed by atoms with Gasteiger partial charge in [0.25, 0.3) is 0 Å². The Labute approximate surface area is 95.4 Å². The Hall–Kier alpha value is -1.09. The molecule has 1 aromatic rings. The molecule has 0 bridgehead atoms. The van der Waals surface area contributed by atoms with E-state index in [1.54, 1.807) is 6.07 Å². The summed E-state index contributed by atoms with van der Waals surface area (Å²) in [6.07, 6.45) is 3.46. The van der Waals surface area contributed by atoms with E-state index in [1.807, 2.05) is 6.07 Å². The first-order chi connectivity index (χ1) is 7.81. The molecule has 0 aliphatic carbocycles. The van der Waals surface area contributed by atoms with E-state index in [9.17, 15) is 4.39 Å². The molecule has 2 aliphatic heterocycles. The summed E-state index contributed by atoms with van der Waals surface area (Å²) >= 11 is 0. The van der Waals surface area contributed by atoms with Gasteiger partial charge in [-0.2, -0.15) is 0 Å². The van der Waals surface area contributed by atoms with Crippen LogP contribution in [0.15, 0.2) is 18.2 Å². The average Bonchev–Trinajstić information content (AvgIpc) is 2.23. The van der Waals surface area contributed by atoms with E-state index >= 15 is 0 Å². The van der Waals surface area contributed by atoms with Crippen LogP contribution in [0.5, 0.6) is 0 Å². The van der Waals surface area contributed by atoms with Gasteiger partial charge in [-0.25, -0.2) is 4.39 Å². The molecule has 1 saturated heterocycles. The number of nitrogens with zero attached hydrogens (tertiary/aromatic N) is 1. The van der Waals surface area contributed by atoms with Gasteiger partial charge in [0.15, 0.2) is 0 Å². The minimum absolute atomic E-state index is 0.123. The van der Waals surface area contributed by atoms with Crippen molar-refractivity contribution in [1.29, 1.82) is 0 Å². The molecule has 86 valence electrons. The van der Waals surface area contributed by atoms with Crippen LogP contribution in [0, 0.1) is 5.82 Å². The van der Waals surface area contributed by atoms with Gasteiger partial charge in [-0.15, -0.1) is 0 Å². The smallest absolute Gasteiger partial charge is 0.123 e. The topological polar surface area (TPSA) is 15.3 Å². The lowest BCUT2D eigenvalue weighted by atomic mass is 9.97. The molecule has 1 atom stereocenters. The van der Waals surface area contributed by atoms with E-state index in [0.29, 0.717) is 6.04 Å². The van der Waals surface area contributed by atoms with Crippen LogP contribution in [0.2, 0.25) is 0 Å². The van der Waals surface area contributed by atoms with Gasteiger partial charge < -0.3 is 10.2 Å². The molecule has 1 N–H and O–H groups in total. The van der Waals surface area contributed by atoms with Crippen LogP contribution < -0.4 is 5.32 Å². The second-order valence-electron chi connectivity index (χ2n) is 4.84. The molecular weight excluding hydrogens is 203 g/mol. The molecule has 2 aliphatic rings. The number of hydrogen-bond acceptors (Lipinski definition) is 2. The van der Waals surface area contributed by atoms with E-state index in [-0.39, 0.29) is 5.82 Å². The summed E-state index contributed by atoms with van der Waals surface area (Å²) in [6, 6.07) is 5.60. The molecule has 0 amide bonds. The summed E-state index contributed by atoms with van der Waals surface area (Å²) in [6.45, 7) is 3.62. The van der Waals surface area contributed by atoms with Crippen LogP contribution in [0.1, 0.15) is 18.4 Å². The van der Waals surface area contributed by atoms with Crippen LogP contribution in [-0.4, -0.2) is 30.6 Å². The highest BCUT2D eigenvalue weighted by molar-refractivity contribution is 5.54. The maximum Gasteiger partial charge on any atom is 0.123 e. The Bertz CT molecular complexity index is 388. The number of likely N-dealkylation sites (tertiary alicyclic amines) is 1. The van der Waals surface area contributed by atoms with Gasteiger partial charge >= 0.3 is 0 Å². The van der Waals surface area contributed by atoms with Gasteiger partial charge in [0.1, 0.15) is 5.82 Å². The van der Waals surface area contributed by atoms with Gasteiger partial charge in [-0.3, -0.25) is 0 Å². The SMILES string of the molecule is Fc1ccc2c(c1)CCC(CN1CCC1)N2. The molecule has 3 heteroatoms. The molecule has 0 spiro atoms. The van der Waals surface area contributed by atoms with Gasteiger partial charge in [0, 0.05) is 18.3 Å². The van der Waals surface area contributed by atoms with Crippen molar-refractivity contribution < 1.29 is 4.39 Å². The molecule has 16 heavy (non-hydrogen) atoms. The Balaban J connectivity index is 1.68. The Morgan fingerprint density at radius 2 is 2.25 bits per heavy atom. The lowest BCUT2D eigenvalue weighted by molar-refractivity contribution is 0.171. The van der Waals surface area contributed by atoms with Crippen molar-refractivity contribution in [2.75, 3.05) is 25.0 Å². The van der Waals surface area contributed by atoms with Crippen molar-refractivity contribution in [2.45, 2.75) is 25.3 Å². The van der Waals surface area contributed by atoms with E-state index in [1.165, 1.54) is 25.6 Å². The van der Waals surface area contributed by atoms with E-state index in [2.05, 4.69) is 10.2 Å². The minimum atomic E-state index is -0.123. The number of halogens is 1. The number of rotatable bonds is 2. The lowest BCUT2D eigenvalue weighted by Crippen LogP contribution is -2.45. The fourth-order valence-electron chi connectivity index (χ4n) is 2.54. The molecule has 1 unspecified atom stereocenters. The monoisotopic (exact) mass is 220 g/mol. The second-order valence-corrected chi connectivity index (χ2v) is 4.84. The fraction of sp³-hybridized carbons (Fsp3) is 0.538. The Kier molecular flexibility index (Phi) is 2.56. The van der Waals surface area contributed by atoms with E-state index < -0.39 is 0 Å². The quantitative estimate of drug-likeness (QED) is 0.822. The number of fused-ring (bicyclic) bond motifs is 1. The van der Waals surface area contributed by atoms with Crippen molar-refractivity contribution >= 4 is 5.69 Å². The highest BCUT2D eigenvalue weighted by Crippen LogP contribution is 2.26. The zero-order chi connectivity index (χ0) is 11.0. The maximum absolute atomic E-state index is 13.0. The molecule has 2 nitrogen and oxygen atoms in total. The van der Waals surface area contributed by atoms with Crippen molar-refractivity contribution in [1.82, 2.24) is 4.90 Å². The molecule has 0 aromatic heterocycles. The van der Waals surface area contributed by atoms with E-state index in [4.69, 9.17) is 0 Å². The van der Waals surface area contributed by atoms with Crippen LogP contribution in [0.4, 0.5) is 10.1 Å². The summed E-state index contributed by atoms with van der Waals surface area (Å²) < 4.78 is 13.0. The molecule has 0 radical (unpaired) electrons. The summed E-state index contributed by atoms with van der Waals surface area (Å²) in [5, 5.41) is 3.51. The Morgan fingerprint density at radius 1 is 1.38 bits per heavy atom. The number of anilines is 1. The van der Waals surface area contributed by atoms with Crippen LogP contribution >= 0.6 is 0 Å². The third-order valence-corrected chi connectivity index (χ3v) is 3.62. The molecule has 0 saturated carbocycles. The zero-order valence-electron chi connectivity index (χ0n) is 9.38. The largest absolute Gasteiger partial charge is 0.381 e. The molecule has 3 rings (SSSR count). The third-order valence-electron chi connectivity index (χ3n) is 3.62. The fourth-order valence-corrected chi connectivity index (χ4v) is 2.54. The number of hydrogen-bond donors (Lipinski definition) is 1. The van der Waals surface area contributed by atoms with Gasteiger partial charge in [0.05, 0.1) is 0 Å². The maximum atomic E-state index is 13.0. The third kappa shape index (κ3) is 1.92. The number of aryl methyl sites for hydroxylation is 1. The first-order valence-corrected chi connectivity index (χ1v) is 6.08. The summed E-state index contributed by atoms with van der Waals surface area (Å²) in [4.78, 5) is 2.48. The highest BCUT2D eigenvalue weighted by Gasteiger charge is 2.22. The minimum Gasteiger partial charge on any atom is -0.381 e. The zero-order valence-corrected chi connectivity index (χ0v) is 9.38. The second kappa shape index (κ2) is 4.06. The lowest BCUT2D eigenvalue weighted by Gasteiger charge is -2.36.